The Bertz CT molecular complexity index is 476. The average Bonchev–Trinajstić information content (AvgIpc) is 2.86. The number of methoxy groups -OCH3 is 1. The van der Waals surface area contributed by atoms with E-state index in [0.29, 0.717) is 6.54 Å². The standard InChI is InChI=1S/C13H17N3O/c1-10(16-9-15-8-12(16)7-14)11-3-5-13(17-2)6-4-11/h3-6,8-10H,7,14H2,1-2H3. The summed E-state index contributed by atoms with van der Waals surface area (Å²) in [5.74, 6) is 0.866. The predicted octanol–water partition coefficient (Wildman–Crippen LogP) is 1.96. The molecule has 0 saturated heterocycles. The van der Waals surface area contributed by atoms with Gasteiger partial charge in [-0.1, -0.05) is 12.1 Å². The van der Waals surface area contributed by atoms with Gasteiger partial charge in [0.25, 0.3) is 0 Å². The lowest BCUT2D eigenvalue weighted by molar-refractivity contribution is 0.414. The van der Waals surface area contributed by atoms with E-state index in [-0.39, 0.29) is 6.04 Å². The lowest BCUT2D eigenvalue weighted by atomic mass is 10.1. The highest BCUT2D eigenvalue weighted by Gasteiger charge is 2.10. The Hall–Kier alpha value is -1.81. The van der Waals surface area contributed by atoms with E-state index < -0.39 is 0 Å². The fraction of sp³-hybridized carbons (Fsp3) is 0.308. The minimum atomic E-state index is 0.224. The number of hydrogen-bond donors (Lipinski definition) is 1. The van der Waals surface area contributed by atoms with Crippen LogP contribution in [0.25, 0.3) is 0 Å². The second-order valence-electron chi connectivity index (χ2n) is 3.95. The fourth-order valence-corrected chi connectivity index (χ4v) is 1.88. The Kier molecular flexibility index (Phi) is 3.44. The lowest BCUT2D eigenvalue weighted by Crippen LogP contribution is -2.11. The van der Waals surface area contributed by atoms with Crippen LogP contribution in [0.5, 0.6) is 5.75 Å². The molecule has 2 aromatic rings. The third-order valence-corrected chi connectivity index (χ3v) is 2.97. The molecule has 0 bridgehead atoms. The quantitative estimate of drug-likeness (QED) is 0.875. The molecule has 0 amide bonds. The molecule has 0 aliphatic carbocycles. The second-order valence-corrected chi connectivity index (χ2v) is 3.95. The molecule has 2 N–H and O–H groups in total. The number of aromatic nitrogens is 2. The largest absolute Gasteiger partial charge is 0.497 e. The number of ether oxygens (including phenoxy) is 1. The smallest absolute Gasteiger partial charge is 0.118 e. The van der Waals surface area contributed by atoms with Gasteiger partial charge in [-0.15, -0.1) is 0 Å². The van der Waals surface area contributed by atoms with Gasteiger partial charge in [-0.05, 0) is 24.6 Å². The number of nitrogens with zero attached hydrogens (tertiary/aromatic N) is 2. The Morgan fingerprint density at radius 2 is 2.06 bits per heavy atom. The van der Waals surface area contributed by atoms with Crippen LogP contribution in [0.2, 0.25) is 0 Å². The minimum absolute atomic E-state index is 0.224. The molecule has 0 aliphatic rings. The van der Waals surface area contributed by atoms with Crippen LogP contribution in [-0.2, 0) is 6.54 Å². The molecule has 0 spiro atoms. The second kappa shape index (κ2) is 5.01. The Balaban J connectivity index is 2.27. The van der Waals surface area contributed by atoms with Crippen LogP contribution in [0.3, 0.4) is 0 Å². The van der Waals surface area contributed by atoms with Gasteiger partial charge in [-0.25, -0.2) is 4.98 Å². The number of rotatable bonds is 4. The first-order valence-electron chi connectivity index (χ1n) is 5.61. The maximum atomic E-state index is 5.68. The summed E-state index contributed by atoms with van der Waals surface area (Å²) in [6.45, 7) is 2.63. The van der Waals surface area contributed by atoms with Crippen molar-refractivity contribution in [2.45, 2.75) is 19.5 Å². The molecule has 1 aromatic carbocycles. The normalized spacial score (nSPS) is 12.4. The molecule has 0 aliphatic heterocycles. The molecule has 2 rings (SSSR count). The zero-order valence-electron chi connectivity index (χ0n) is 10.1. The lowest BCUT2D eigenvalue weighted by Gasteiger charge is -2.16. The maximum Gasteiger partial charge on any atom is 0.118 e. The molecule has 1 atom stereocenters. The van der Waals surface area contributed by atoms with Gasteiger partial charge in [0.1, 0.15) is 5.75 Å². The van der Waals surface area contributed by atoms with Gasteiger partial charge in [0.2, 0.25) is 0 Å². The number of hydrogen-bond acceptors (Lipinski definition) is 3. The summed E-state index contributed by atoms with van der Waals surface area (Å²) >= 11 is 0. The zero-order chi connectivity index (χ0) is 12.3. The topological polar surface area (TPSA) is 53.1 Å². The van der Waals surface area contributed by atoms with Gasteiger partial charge in [-0.2, -0.15) is 0 Å². The molecular formula is C13H17N3O. The molecular weight excluding hydrogens is 214 g/mol. The molecule has 90 valence electrons. The van der Waals surface area contributed by atoms with E-state index in [4.69, 9.17) is 10.5 Å². The zero-order valence-corrected chi connectivity index (χ0v) is 10.1. The summed E-state index contributed by atoms with van der Waals surface area (Å²) in [6.07, 6.45) is 3.62. The van der Waals surface area contributed by atoms with Crippen LogP contribution in [-0.4, -0.2) is 16.7 Å². The van der Waals surface area contributed by atoms with Crippen molar-refractivity contribution in [1.82, 2.24) is 9.55 Å². The summed E-state index contributed by atoms with van der Waals surface area (Å²) in [6, 6.07) is 8.27. The number of imidazole rings is 1. The fourth-order valence-electron chi connectivity index (χ4n) is 1.88. The van der Waals surface area contributed by atoms with Crippen LogP contribution in [0.4, 0.5) is 0 Å². The first-order chi connectivity index (χ1) is 8.26. The summed E-state index contributed by atoms with van der Waals surface area (Å²) < 4.78 is 7.23. The van der Waals surface area contributed by atoms with Gasteiger partial charge in [0, 0.05) is 12.7 Å². The van der Waals surface area contributed by atoms with Crippen LogP contribution in [0, 0.1) is 0 Å². The summed E-state index contributed by atoms with van der Waals surface area (Å²) in [7, 11) is 1.67. The molecule has 4 nitrogen and oxygen atoms in total. The van der Waals surface area contributed by atoms with E-state index in [9.17, 15) is 0 Å². The number of nitrogens with two attached hydrogens (primary N) is 1. The molecule has 0 fully saturated rings. The van der Waals surface area contributed by atoms with Crippen molar-refractivity contribution in [3.63, 3.8) is 0 Å². The van der Waals surface area contributed by atoms with Crippen molar-refractivity contribution < 1.29 is 4.74 Å². The van der Waals surface area contributed by atoms with Crippen LogP contribution in [0.1, 0.15) is 24.2 Å². The highest BCUT2D eigenvalue weighted by Crippen LogP contribution is 2.21. The van der Waals surface area contributed by atoms with Crippen molar-refractivity contribution in [2.24, 2.45) is 5.73 Å². The Morgan fingerprint density at radius 3 is 2.65 bits per heavy atom. The maximum absolute atomic E-state index is 5.68. The van der Waals surface area contributed by atoms with E-state index in [1.165, 1.54) is 5.56 Å². The third kappa shape index (κ3) is 2.31. The number of benzene rings is 1. The van der Waals surface area contributed by atoms with Crippen LogP contribution >= 0.6 is 0 Å². The first-order valence-corrected chi connectivity index (χ1v) is 5.61. The van der Waals surface area contributed by atoms with E-state index in [1.807, 2.05) is 18.5 Å². The first kappa shape index (κ1) is 11.7. The summed E-state index contributed by atoms with van der Waals surface area (Å²) in [5, 5.41) is 0. The van der Waals surface area contributed by atoms with Gasteiger partial charge in [0.05, 0.1) is 25.2 Å². The third-order valence-electron chi connectivity index (χ3n) is 2.97. The molecule has 0 saturated carbocycles. The average molecular weight is 231 g/mol. The molecule has 4 heteroatoms. The molecule has 0 radical (unpaired) electrons. The highest BCUT2D eigenvalue weighted by atomic mass is 16.5. The van der Waals surface area contributed by atoms with Crippen molar-refractivity contribution in [3.8, 4) is 5.75 Å². The van der Waals surface area contributed by atoms with E-state index >= 15 is 0 Å². The van der Waals surface area contributed by atoms with Crippen molar-refractivity contribution >= 4 is 0 Å². The van der Waals surface area contributed by atoms with Crippen molar-refractivity contribution in [1.29, 1.82) is 0 Å². The monoisotopic (exact) mass is 231 g/mol. The van der Waals surface area contributed by atoms with E-state index in [1.54, 1.807) is 13.3 Å². The Labute approximate surface area is 101 Å². The predicted molar refractivity (Wildman–Crippen MR) is 66.9 cm³/mol. The molecule has 1 heterocycles. The SMILES string of the molecule is COc1ccc(C(C)n2cncc2CN)cc1. The van der Waals surface area contributed by atoms with E-state index in [2.05, 4.69) is 28.6 Å². The molecule has 17 heavy (non-hydrogen) atoms. The van der Waals surface area contributed by atoms with Crippen molar-refractivity contribution in [2.75, 3.05) is 7.11 Å². The minimum Gasteiger partial charge on any atom is -0.497 e. The van der Waals surface area contributed by atoms with Crippen molar-refractivity contribution in [3.05, 3.63) is 48.0 Å². The summed E-state index contributed by atoms with van der Waals surface area (Å²) in [4.78, 5) is 4.13. The van der Waals surface area contributed by atoms with Crippen LogP contribution < -0.4 is 10.5 Å². The molecule has 1 unspecified atom stereocenters. The van der Waals surface area contributed by atoms with Crippen LogP contribution in [0.15, 0.2) is 36.8 Å². The molecule has 1 aromatic heterocycles. The van der Waals surface area contributed by atoms with E-state index in [0.717, 1.165) is 11.4 Å². The van der Waals surface area contributed by atoms with Gasteiger partial charge in [-0.3, -0.25) is 0 Å². The Morgan fingerprint density at radius 1 is 1.35 bits per heavy atom. The van der Waals surface area contributed by atoms with Gasteiger partial charge in [0.15, 0.2) is 0 Å². The summed E-state index contributed by atoms with van der Waals surface area (Å²) in [5.41, 5.74) is 7.92. The highest BCUT2D eigenvalue weighted by molar-refractivity contribution is 5.29. The van der Waals surface area contributed by atoms with Gasteiger partial charge >= 0.3 is 0 Å². The van der Waals surface area contributed by atoms with Gasteiger partial charge < -0.3 is 15.0 Å².